The van der Waals surface area contributed by atoms with Crippen LogP contribution in [0.5, 0.6) is 0 Å². The van der Waals surface area contributed by atoms with E-state index in [1.54, 1.807) is 0 Å². The Labute approximate surface area is 135 Å². The van der Waals surface area contributed by atoms with Crippen molar-refractivity contribution in [3.8, 4) is 0 Å². The lowest BCUT2D eigenvalue weighted by molar-refractivity contribution is 0.239. The van der Waals surface area contributed by atoms with Gasteiger partial charge >= 0.3 is 8.56 Å². The van der Waals surface area contributed by atoms with Crippen molar-refractivity contribution in [3.05, 3.63) is 0 Å². The van der Waals surface area contributed by atoms with Crippen molar-refractivity contribution >= 4 is 25.2 Å². The molecule has 1 rings (SSSR count). The molecule has 1 aliphatic rings. The highest BCUT2D eigenvalue weighted by Gasteiger charge is 2.39. The molecular weight excluding hydrogens is 312 g/mol. The molecule has 1 fully saturated rings. The molecule has 1 saturated heterocycles. The summed E-state index contributed by atoms with van der Waals surface area (Å²) >= 11 is 0. The SMILES string of the molecule is C[Si](C)(C)O[Si](C)(CCCN1CCNCC1)O[Si](C)(C)C. The summed E-state index contributed by atoms with van der Waals surface area (Å²) in [5.74, 6) is 0. The Balaban J connectivity index is 2.51. The molecule has 21 heavy (non-hydrogen) atoms. The second-order valence-electron chi connectivity index (χ2n) is 8.26. The molecule has 0 aromatic rings. The predicted molar refractivity (Wildman–Crippen MR) is 99.2 cm³/mol. The molecule has 0 amide bonds. The van der Waals surface area contributed by atoms with Crippen molar-refractivity contribution in [2.45, 2.75) is 58.3 Å². The minimum Gasteiger partial charge on any atom is -0.437 e. The Hall–Kier alpha value is 0.491. The first-order valence-electron chi connectivity index (χ1n) is 8.33. The molecule has 0 spiro atoms. The number of nitrogens with zero attached hydrogens (tertiary/aromatic N) is 1. The maximum Gasteiger partial charge on any atom is 0.314 e. The predicted octanol–water partition coefficient (Wildman–Crippen LogP) is 3.06. The Morgan fingerprint density at radius 2 is 1.33 bits per heavy atom. The summed E-state index contributed by atoms with van der Waals surface area (Å²) in [4.78, 5) is 2.56. The second kappa shape index (κ2) is 7.85. The zero-order chi connectivity index (χ0) is 16.1. The Morgan fingerprint density at radius 1 is 0.857 bits per heavy atom. The molecule has 0 atom stereocenters. The summed E-state index contributed by atoms with van der Waals surface area (Å²) in [6.07, 6.45) is 1.21. The van der Waals surface area contributed by atoms with Gasteiger partial charge in [0.15, 0.2) is 16.6 Å². The Bertz CT molecular complexity index is 294. The highest BCUT2D eigenvalue weighted by Crippen LogP contribution is 2.25. The van der Waals surface area contributed by atoms with Gasteiger partial charge in [0.2, 0.25) is 0 Å². The summed E-state index contributed by atoms with van der Waals surface area (Å²) < 4.78 is 13.1. The van der Waals surface area contributed by atoms with Gasteiger partial charge in [0.05, 0.1) is 0 Å². The van der Waals surface area contributed by atoms with Crippen LogP contribution in [0.2, 0.25) is 51.9 Å². The van der Waals surface area contributed by atoms with Crippen molar-refractivity contribution < 1.29 is 8.23 Å². The van der Waals surface area contributed by atoms with Crippen molar-refractivity contribution in [2.24, 2.45) is 0 Å². The van der Waals surface area contributed by atoms with Gasteiger partial charge in [-0.05, 0) is 64.8 Å². The topological polar surface area (TPSA) is 33.7 Å². The van der Waals surface area contributed by atoms with Crippen LogP contribution < -0.4 is 5.32 Å². The smallest absolute Gasteiger partial charge is 0.314 e. The highest BCUT2D eigenvalue weighted by molar-refractivity contribution is 6.87. The molecule has 0 aliphatic carbocycles. The van der Waals surface area contributed by atoms with E-state index in [0.717, 1.165) is 19.1 Å². The lowest BCUT2D eigenvalue weighted by atomic mass is 10.3. The van der Waals surface area contributed by atoms with Gasteiger partial charge in [-0.25, -0.2) is 0 Å². The quantitative estimate of drug-likeness (QED) is 0.684. The summed E-state index contributed by atoms with van der Waals surface area (Å²) in [6.45, 7) is 21.8. The lowest BCUT2D eigenvalue weighted by Crippen LogP contribution is -2.53. The largest absolute Gasteiger partial charge is 0.437 e. The normalized spacial score (nSPS) is 19.0. The first-order valence-corrected chi connectivity index (χ1v) is 17.7. The van der Waals surface area contributed by atoms with Crippen LogP contribution in [0.25, 0.3) is 0 Å². The third kappa shape index (κ3) is 9.27. The zero-order valence-corrected chi connectivity index (χ0v) is 18.2. The average Bonchev–Trinajstić information content (AvgIpc) is 2.24. The summed E-state index contributed by atoms with van der Waals surface area (Å²) in [6, 6.07) is 1.13. The molecule has 0 aromatic carbocycles. The second-order valence-corrected chi connectivity index (χ2v) is 21.1. The molecule has 1 N–H and O–H groups in total. The van der Waals surface area contributed by atoms with Crippen molar-refractivity contribution in [1.29, 1.82) is 0 Å². The lowest BCUT2D eigenvalue weighted by Gasteiger charge is -2.39. The van der Waals surface area contributed by atoms with Gasteiger partial charge in [0.1, 0.15) is 0 Å². The first-order chi connectivity index (χ1) is 9.49. The highest BCUT2D eigenvalue weighted by atomic mass is 28.5. The van der Waals surface area contributed by atoms with Crippen molar-refractivity contribution in [3.63, 3.8) is 0 Å². The molecule has 4 nitrogen and oxygen atoms in total. The molecule has 0 bridgehead atoms. The number of piperazine rings is 1. The van der Waals surface area contributed by atoms with Gasteiger partial charge in [-0.3, -0.25) is 0 Å². The van der Waals surface area contributed by atoms with Crippen LogP contribution in [0, 0.1) is 0 Å². The first kappa shape index (κ1) is 19.5. The molecule has 1 aliphatic heterocycles. The summed E-state index contributed by atoms with van der Waals surface area (Å²) in [7, 11) is -5.12. The molecule has 0 aromatic heterocycles. The number of hydrogen-bond acceptors (Lipinski definition) is 4. The summed E-state index contributed by atoms with van der Waals surface area (Å²) in [5.41, 5.74) is 0. The van der Waals surface area contributed by atoms with Gasteiger partial charge in [-0.2, -0.15) is 0 Å². The van der Waals surface area contributed by atoms with Crippen LogP contribution in [-0.2, 0) is 8.23 Å². The molecule has 7 heteroatoms. The number of hydrogen-bond donors (Lipinski definition) is 1. The fourth-order valence-electron chi connectivity index (χ4n) is 2.98. The van der Waals surface area contributed by atoms with E-state index in [0.29, 0.717) is 0 Å². The van der Waals surface area contributed by atoms with Gasteiger partial charge in [0, 0.05) is 26.2 Å². The third-order valence-electron chi connectivity index (χ3n) is 3.36. The van der Waals surface area contributed by atoms with Crippen LogP contribution in [0.4, 0.5) is 0 Å². The standard InChI is InChI=1S/C14H36N2O2Si3/c1-19(2,3)17-21(7,18-20(4,5)6)14-8-11-16-12-9-15-10-13-16/h15H,8-14H2,1-7H3. The van der Waals surface area contributed by atoms with Crippen LogP contribution in [0.15, 0.2) is 0 Å². The minimum atomic E-state index is -2.02. The fraction of sp³-hybridized carbons (Fsp3) is 1.00. The molecular formula is C14H36N2O2Si3. The van der Waals surface area contributed by atoms with E-state index in [1.807, 2.05) is 0 Å². The van der Waals surface area contributed by atoms with Crippen molar-refractivity contribution in [2.75, 3.05) is 32.7 Å². The van der Waals surface area contributed by atoms with E-state index in [4.69, 9.17) is 8.23 Å². The van der Waals surface area contributed by atoms with Gasteiger partial charge in [-0.1, -0.05) is 0 Å². The van der Waals surface area contributed by atoms with Gasteiger partial charge in [-0.15, -0.1) is 0 Å². The Kier molecular flexibility index (Phi) is 7.30. The average molecular weight is 349 g/mol. The van der Waals surface area contributed by atoms with E-state index in [2.05, 4.69) is 56.0 Å². The monoisotopic (exact) mass is 348 g/mol. The van der Waals surface area contributed by atoms with Crippen LogP contribution in [0.1, 0.15) is 6.42 Å². The van der Waals surface area contributed by atoms with E-state index in [9.17, 15) is 0 Å². The van der Waals surface area contributed by atoms with Crippen LogP contribution in [-0.4, -0.2) is 62.8 Å². The number of rotatable bonds is 8. The van der Waals surface area contributed by atoms with E-state index >= 15 is 0 Å². The third-order valence-corrected chi connectivity index (χ3v) is 13.0. The molecule has 1 heterocycles. The van der Waals surface area contributed by atoms with Gasteiger partial charge < -0.3 is 18.4 Å². The fourth-order valence-corrected chi connectivity index (χ4v) is 15.5. The van der Waals surface area contributed by atoms with E-state index in [1.165, 1.54) is 26.1 Å². The number of nitrogens with one attached hydrogen (secondary N) is 1. The molecule has 0 saturated carbocycles. The van der Waals surface area contributed by atoms with Crippen molar-refractivity contribution in [1.82, 2.24) is 10.2 Å². The maximum atomic E-state index is 6.55. The van der Waals surface area contributed by atoms with E-state index < -0.39 is 25.2 Å². The molecule has 0 radical (unpaired) electrons. The zero-order valence-electron chi connectivity index (χ0n) is 15.2. The Morgan fingerprint density at radius 3 is 1.76 bits per heavy atom. The van der Waals surface area contributed by atoms with Crippen LogP contribution in [0.3, 0.4) is 0 Å². The van der Waals surface area contributed by atoms with Crippen LogP contribution >= 0.6 is 0 Å². The molecule has 0 unspecified atom stereocenters. The van der Waals surface area contributed by atoms with Gasteiger partial charge in [0.25, 0.3) is 0 Å². The van der Waals surface area contributed by atoms with E-state index in [-0.39, 0.29) is 0 Å². The maximum absolute atomic E-state index is 6.55. The minimum absolute atomic E-state index is 1.13. The summed E-state index contributed by atoms with van der Waals surface area (Å²) in [5, 5.41) is 3.41. The molecule has 126 valence electrons.